The van der Waals surface area contributed by atoms with Crippen LogP contribution in [-0.2, 0) is 0 Å². The van der Waals surface area contributed by atoms with Crippen molar-refractivity contribution < 1.29 is 0 Å². The van der Waals surface area contributed by atoms with Crippen LogP contribution in [0.3, 0.4) is 0 Å². The molecule has 3 nitrogen and oxygen atoms in total. The first kappa shape index (κ1) is 12.9. The molecule has 2 rings (SSSR count). The summed E-state index contributed by atoms with van der Waals surface area (Å²) in [6.45, 7) is 4.69. The molecular formula is C14H27N3. The number of fused-ring (bicyclic) bond motifs is 2. The molecule has 0 aromatic heterocycles. The molecule has 0 aromatic rings. The molecule has 0 radical (unpaired) electrons. The lowest BCUT2D eigenvalue weighted by Gasteiger charge is -2.50. The summed E-state index contributed by atoms with van der Waals surface area (Å²) in [6.07, 6.45) is 5.28. The van der Waals surface area contributed by atoms with E-state index in [1.807, 2.05) is 19.1 Å². The highest BCUT2D eigenvalue weighted by atomic mass is 15.4. The van der Waals surface area contributed by atoms with Gasteiger partial charge in [-0.3, -0.25) is 4.90 Å². The fraction of sp³-hybridized carbons (Fsp3) is 0.929. The molecule has 3 atom stereocenters. The van der Waals surface area contributed by atoms with Crippen molar-refractivity contribution in [2.24, 2.45) is 16.9 Å². The lowest BCUT2D eigenvalue weighted by atomic mass is 9.72. The van der Waals surface area contributed by atoms with Crippen molar-refractivity contribution in [1.29, 1.82) is 0 Å². The Morgan fingerprint density at radius 2 is 2.00 bits per heavy atom. The summed E-state index contributed by atoms with van der Waals surface area (Å²) in [6, 6.07) is 1.46. The van der Waals surface area contributed by atoms with E-state index in [2.05, 4.69) is 25.8 Å². The second-order valence-corrected chi connectivity index (χ2v) is 6.23. The molecule has 2 aliphatic heterocycles. The molecule has 0 aliphatic carbocycles. The summed E-state index contributed by atoms with van der Waals surface area (Å²) >= 11 is 0. The standard InChI is InChI=1S/C14H27N3/c1-10(2)14-12(15-16(3)4)9-11-7-6-8-13(14)17(11)5/h10-11,13-14H,6-9H2,1-5H3/b15-12+. The molecule has 98 valence electrons. The van der Waals surface area contributed by atoms with Crippen molar-refractivity contribution in [1.82, 2.24) is 9.91 Å². The predicted molar refractivity (Wildman–Crippen MR) is 73.3 cm³/mol. The van der Waals surface area contributed by atoms with Crippen molar-refractivity contribution in [3.05, 3.63) is 0 Å². The molecule has 2 fully saturated rings. The Kier molecular flexibility index (Phi) is 3.76. The second-order valence-electron chi connectivity index (χ2n) is 6.23. The third-order valence-corrected chi connectivity index (χ3v) is 4.43. The molecule has 2 bridgehead atoms. The number of piperidine rings is 2. The van der Waals surface area contributed by atoms with E-state index < -0.39 is 0 Å². The molecule has 2 aliphatic rings. The molecule has 0 saturated carbocycles. The molecule has 0 amide bonds. The average Bonchev–Trinajstić information content (AvgIpc) is 2.18. The molecule has 2 saturated heterocycles. The van der Waals surface area contributed by atoms with Gasteiger partial charge in [0.05, 0.1) is 0 Å². The van der Waals surface area contributed by atoms with Gasteiger partial charge in [0.1, 0.15) is 0 Å². The van der Waals surface area contributed by atoms with Crippen LogP contribution < -0.4 is 0 Å². The fourth-order valence-electron chi connectivity index (χ4n) is 3.71. The molecule has 0 N–H and O–H groups in total. The topological polar surface area (TPSA) is 18.8 Å². The lowest BCUT2D eigenvalue weighted by molar-refractivity contribution is 0.0611. The summed E-state index contributed by atoms with van der Waals surface area (Å²) in [5.74, 6) is 1.35. The normalized spacial score (nSPS) is 36.6. The first-order valence-electron chi connectivity index (χ1n) is 6.97. The molecular weight excluding hydrogens is 210 g/mol. The smallest absolute Gasteiger partial charge is 0.0445 e. The third-order valence-electron chi connectivity index (χ3n) is 4.43. The van der Waals surface area contributed by atoms with Crippen LogP contribution in [0.15, 0.2) is 5.10 Å². The maximum absolute atomic E-state index is 4.78. The van der Waals surface area contributed by atoms with Gasteiger partial charge in [-0.2, -0.15) is 5.10 Å². The van der Waals surface area contributed by atoms with Gasteiger partial charge >= 0.3 is 0 Å². The van der Waals surface area contributed by atoms with Crippen LogP contribution in [0.2, 0.25) is 0 Å². The van der Waals surface area contributed by atoms with Crippen molar-refractivity contribution in [2.75, 3.05) is 21.1 Å². The van der Waals surface area contributed by atoms with E-state index in [1.54, 1.807) is 0 Å². The quantitative estimate of drug-likeness (QED) is 0.687. The van der Waals surface area contributed by atoms with E-state index in [1.165, 1.54) is 31.4 Å². The molecule has 2 heterocycles. The maximum atomic E-state index is 4.78. The second kappa shape index (κ2) is 4.97. The summed E-state index contributed by atoms with van der Waals surface area (Å²) < 4.78 is 0. The minimum Gasteiger partial charge on any atom is -0.303 e. The van der Waals surface area contributed by atoms with Crippen LogP contribution in [-0.4, -0.2) is 48.8 Å². The van der Waals surface area contributed by atoms with Crippen molar-refractivity contribution in [3.63, 3.8) is 0 Å². The number of rotatable bonds is 2. The van der Waals surface area contributed by atoms with E-state index in [0.29, 0.717) is 11.8 Å². The lowest BCUT2D eigenvalue weighted by Crippen LogP contribution is -2.56. The number of nitrogens with zero attached hydrogens (tertiary/aromatic N) is 3. The predicted octanol–water partition coefficient (Wildman–Crippen LogP) is 2.43. The van der Waals surface area contributed by atoms with Gasteiger partial charge in [0.25, 0.3) is 0 Å². The molecule has 0 spiro atoms. The van der Waals surface area contributed by atoms with Gasteiger partial charge in [-0.15, -0.1) is 0 Å². The maximum Gasteiger partial charge on any atom is 0.0445 e. The zero-order chi connectivity index (χ0) is 12.6. The summed E-state index contributed by atoms with van der Waals surface area (Å²) in [5.41, 5.74) is 1.44. The Morgan fingerprint density at radius 3 is 2.59 bits per heavy atom. The molecule has 3 unspecified atom stereocenters. The third kappa shape index (κ3) is 2.49. The SMILES string of the molecule is CC(C)C1/C(=N/N(C)C)CC2CCCC1N2C. The highest BCUT2D eigenvalue weighted by molar-refractivity contribution is 5.89. The van der Waals surface area contributed by atoms with Crippen LogP contribution in [0.4, 0.5) is 0 Å². The average molecular weight is 237 g/mol. The van der Waals surface area contributed by atoms with Crippen LogP contribution in [0.1, 0.15) is 39.5 Å². The van der Waals surface area contributed by atoms with Crippen molar-refractivity contribution in [2.45, 2.75) is 51.6 Å². The minimum absolute atomic E-state index is 0.652. The minimum atomic E-state index is 0.652. The Bertz CT molecular complexity index is 296. The van der Waals surface area contributed by atoms with Gasteiger partial charge in [-0.25, -0.2) is 0 Å². The largest absolute Gasteiger partial charge is 0.303 e. The zero-order valence-corrected chi connectivity index (χ0v) is 12.0. The van der Waals surface area contributed by atoms with Gasteiger partial charge < -0.3 is 5.01 Å². The summed E-state index contributed by atoms with van der Waals surface area (Å²) in [5, 5.41) is 6.76. The van der Waals surface area contributed by atoms with Gasteiger partial charge in [0, 0.05) is 44.2 Å². The van der Waals surface area contributed by atoms with E-state index in [-0.39, 0.29) is 0 Å². The first-order valence-corrected chi connectivity index (χ1v) is 6.97. The molecule has 0 aromatic carbocycles. The highest BCUT2D eigenvalue weighted by Gasteiger charge is 2.42. The van der Waals surface area contributed by atoms with Gasteiger partial charge in [-0.05, 0) is 25.8 Å². The summed E-state index contributed by atoms with van der Waals surface area (Å²) in [7, 11) is 6.40. The Balaban J connectivity index is 2.27. The van der Waals surface area contributed by atoms with Crippen LogP contribution in [0.5, 0.6) is 0 Å². The first-order chi connectivity index (χ1) is 8.00. The number of hydrogen-bond acceptors (Lipinski definition) is 3. The molecule has 17 heavy (non-hydrogen) atoms. The monoisotopic (exact) mass is 237 g/mol. The van der Waals surface area contributed by atoms with Gasteiger partial charge in [0.2, 0.25) is 0 Å². The van der Waals surface area contributed by atoms with Crippen LogP contribution in [0.25, 0.3) is 0 Å². The van der Waals surface area contributed by atoms with Gasteiger partial charge in [0.15, 0.2) is 0 Å². The Hall–Kier alpha value is -0.570. The van der Waals surface area contributed by atoms with Gasteiger partial charge in [-0.1, -0.05) is 20.3 Å². The van der Waals surface area contributed by atoms with E-state index >= 15 is 0 Å². The van der Waals surface area contributed by atoms with Crippen molar-refractivity contribution in [3.8, 4) is 0 Å². The Morgan fingerprint density at radius 1 is 1.29 bits per heavy atom. The highest BCUT2D eigenvalue weighted by Crippen LogP contribution is 2.38. The van der Waals surface area contributed by atoms with Crippen LogP contribution >= 0.6 is 0 Å². The van der Waals surface area contributed by atoms with E-state index in [4.69, 9.17) is 5.10 Å². The van der Waals surface area contributed by atoms with Crippen LogP contribution in [0, 0.1) is 11.8 Å². The number of hydrazone groups is 1. The zero-order valence-electron chi connectivity index (χ0n) is 12.0. The number of hydrogen-bond donors (Lipinski definition) is 0. The van der Waals surface area contributed by atoms with E-state index in [0.717, 1.165) is 12.1 Å². The summed E-state index contributed by atoms with van der Waals surface area (Å²) in [4.78, 5) is 2.63. The van der Waals surface area contributed by atoms with Crippen molar-refractivity contribution >= 4 is 5.71 Å². The molecule has 3 heteroatoms. The fourth-order valence-corrected chi connectivity index (χ4v) is 3.71. The Labute approximate surface area is 106 Å². The van der Waals surface area contributed by atoms with E-state index in [9.17, 15) is 0 Å².